The van der Waals surface area contributed by atoms with Gasteiger partial charge in [-0.3, -0.25) is 0 Å². The highest BCUT2D eigenvalue weighted by molar-refractivity contribution is 5.38. The molecular formula is C16H23NO. The molecule has 0 aromatic heterocycles. The van der Waals surface area contributed by atoms with Gasteiger partial charge in [0.2, 0.25) is 0 Å². The topological polar surface area (TPSA) is 21.3 Å². The molecule has 1 aliphatic heterocycles. The van der Waals surface area contributed by atoms with Gasteiger partial charge in [0.15, 0.2) is 0 Å². The van der Waals surface area contributed by atoms with E-state index in [0.717, 1.165) is 12.2 Å². The second-order valence-electron chi connectivity index (χ2n) is 6.30. The number of rotatable bonds is 2. The molecule has 2 aliphatic rings. The molecule has 1 saturated carbocycles. The fourth-order valence-corrected chi connectivity index (χ4v) is 3.33. The molecule has 1 heterocycles. The van der Waals surface area contributed by atoms with E-state index in [4.69, 9.17) is 4.74 Å². The van der Waals surface area contributed by atoms with Crippen LogP contribution in [0.15, 0.2) is 24.3 Å². The van der Waals surface area contributed by atoms with Crippen molar-refractivity contribution >= 4 is 0 Å². The first-order valence-corrected chi connectivity index (χ1v) is 7.18. The highest BCUT2D eigenvalue weighted by Crippen LogP contribution is 2.40. The lowest BCUT2D eigenvalue weighted by atomic mass is 9.89. The number of fused-ring (bicyclic) bond motifs is 1. The summed E-state index contributed by atoms with van der Waals surface area (Å²) in [6.45, 7) is 4.37. The van der Waals surface area contributed by atoms with Gasteiger partial charge in [-0.1, -0.05) is 31.0 Å². The van der Waals surface area contributed by atoms with E-state index >= 15 is 0 Å². The molecule has 1 unspecified atom stereocenters. The number of para-hydroxylation sites is 1. The summed E-state index contributed by atoms with van der Waals surface area (Å²) in [5.41, 5.74) is 1.27. The lowest BCUT2D eigenvalue weighted by molar-refractivity contribution is 0.0638. The van der Waals surface area contributed by atoms with Gasteiger partial charge < -0.3 is 10.1 Å². The molecule has 98 valence electrons. The number of hydrogen-bond acceptors (Lipinski definition) is 2. The van der Waals surface area contributed by atoms with Crippen molar-refractivity contribution in [1.82, 2.24) is 5.32 Å². The maximum atomic E-state index is 6.07. The Bertz CT molecular complexity index is 421. The lowest BCUT2D eigenvalue weighted by Gasteiger charge is -2.39. The van der Waals surface area contributed by atoms with Gasteiger partial charge >= 0.3 is 0 Å². The predicted molar refractivity (Wildman–Crippen MR) is 73.9 cm³/mol. The van der Waals surface area contributed by atoms with Crippen LogP contribution >= 0.6 is 0 Å². The zero-order valence-corrected chi connectivity index (χ0v) is 11.4. The van der Waals surface area contributed by atoms with Gasteiger partial charge in [0, 0.05) is 24.1 Å². The SMILES string of the molecule is CC1(C)CC(NC2CCCC2)c2ccccc2O1. The van der Waals surface area contributed by atoms with Crippen LogP contribution in [0.1, 0.15) is 57.6 Å². The van der Waals surface area contributed by atoms with E-state index in [2.05, 4.69) is 43.4 Å². The summed E-state index contributed by atoms with van der Waals surface area (Å²) in [5.74, 6) is 1.06. The molecule has 0 saturated heterocycles. The number of benzene rings is 1. The van der Waals surface area contributed by atoms with E-state index in [0.29, 0.717) is 12.1 Å². The number of hydrogen-bond donors (Lipinski definition) is 1. The minimum atomic E-state index is -0.0649. The zero-order chi connectivity index (χ0) is 12.6. The standard InChI is InChI=1S/C16H23NO/c1-16(2)11-14(17-12-7-3-4-8-12)13-9-5-6-10-15(13)18-16/h5-6,9-10,12,14,17H,3-4,7-8,11H2,1-2H3. The molecule has 1 atom stereocenters. The molecule has 2 heteroatoms. The van der Waals surface area contributed by atoms with E-state index in [1.807, 2.05) is 0 Å². The fourth-order valence-electron chi connectivity index (χ4n) is 3.33. The Kier molecular flexibility index (Phi) is 3.06. The zero-order valence-electron chi connectivity index (χ0n) is 11.4. The Hall–Kier alpha value is -1.02. The maximum absolute atomic E-state index is 6.07. The Labute approximate surface area is 110 Å². The first kappa shape index (κ1) is 12.0. The van der Waals surface area contributed by atoms with Gasteiger partial charge in [0.1, 0.15) is 11.4 Å². The van der Waals surface area contributed by atoms with Gasteiger partial charge in [-0.15, -0.1) is 0 Å². The summed E-state index contributed by atoms with van der Waals surface area (Å²) < 4.78 is 6.07. The third kappa shape index (κ3) is 2.39. The normalized spacial score (nSPS) is 26.7. The fraction of sp³-hybridized carbons (Fsp3) is 0.625. The predicted octanol–water partition coefficient (Wildman–Crippen LogP) is 3.82. The van der Waals surface area contributed by atoms with Crippen molar-refractivity contribution in [1.29, 1.82) is 0 Å². The molecule has 2 nitrogen and oxygen atoms in total. The average molecular weight is 245 g/mol. The minimum absolute atomic E-state index is 0.0649. The molecule has 0 radical (unpaired) electrons. The van der Waals surface area contributed by atoms with Gasteiger partial charge in [0.25, 0.3) is 0 Å². The molecule has 18 heavy (non-hydrogen) atoms. The molecular weight excluding hydrogens is 222 g/mol. The summed E-state index contributed by atoms with van der Waals surface area (Å²) in [7, 11) is 0. The first-order chi connectivity index (χ1) is 8.64. The third-order valence-electron chi connectivity index (χ3n) is 4.17. The second-order valence-corrected chi connectivity index (χ2v) is 6.30. The van der Waals surface area contributed by atoms with Crippen LogP contribution in [-0.2, 0) is 0 Å². The van der Waals surface area contributed by atoms with Crippen LogP contribution in [0.4, 0.5) is 0 Å². The Balaban J connectivity index is 1.84. The van der Waals surface area contributed by atoms with Crippen LogP contribution in [0.25, 0.3) is 0 Å². The van der Waals surface area contributed by atoms with Crippen molar-refractivity contribution in [3.63, 3.8) is 0 Å². The average Bonchev–Trinajstić information content (AvgIpc) is 2.80. The van der Waals surface area contributed by atoms with Crippen molar-refractivity contribution in [3.05, 3.63) is 29.8 Å². The maximum Gasteiger partial charge on any atom is 0.124 e. The largest absolute Gasteiger partial charge is 0.487 e. The lowest BCUT2D eigenvalue weighted by Crippen LogP contribution is -2.42. The van der Waals surface area contributed by atoms with Crippen LogP contribution in [0.5, 0.6) is 5.75 Å². The monoisotopic (exact) mass is 245 g/mol. The van der Waals surface area contributed by atoms with Crippen molar-refractivity contribution in [2.24, 2.45) is 0 Å². The molecule has 0 spiro atoms. The van der Waals surface area contributed by atoms with Crippen LogP contribution in [0, 0.1) is 0 Å². The van der Waals surface area contributed by atoms with Crippen LogP contribution in [-0.4, -0.2) is 11.6 Å². The Morgan fingerprint density at radius 2 is 1.89 bits per heavy atom. The molecule has 1 aromatic carbocycles. The summed E-state index contributed by atoms with van der Waals surface area (Å²) >= 11 is 0. The molecule has 1 fully saturated rings. The second kappa shape index (κ2) is 4.58. The van der Waals surface area contributed by atoms with E-state index in [1.54, 1.807) is 0 Å². The van der Waals surface area contributed by atoms with Gasteiger partial charge in [-0.2, -0.15) is 0 Å². The highest BCUT2D eigenvalue weighted by atomic mass is 16.5. The molecule has 0 bridgehead atoms. The van der Waals surface area contributed by atoms with Crippen LogP contribution < -0.4 is 10.1 Å². The van der Waals surface area contributed by atoms with Gasteiger partial charge in [-0.25, -0.2) is 0 Å². The van der Waals surface area contributed by atoms with Crippen molar-refractivity contribution < 1.29 is 4.74 Å². The minimum Gasteiger partial charge on any atom is -0.487 e. The Morgan fingerprint density at radius 3 is 2.67 bits per heavy atom. The van der Waals surface area contributed by atoms with Crippen LogP contribution in [0.2, 0.25) is 0 Å². The summed E-state index contributed by atoms with van der Waals surface area (Å²) in [6.07, 6.45) is 6.48. The van der Waals surface area contributed by atoms with E-state index in [-0.39, 0.29) is 5.60 Å². The van der Waals surface area contributed by atoms with E-state index < -0.39 is 0 Å². The number of ether oxygens (including phenoxy) is 1. The molecule has 1 aliphatic carbocycles. The number of nitrogens with one attached hydrogen (secondary N) is 1. The van der Waals surface area contributed by atoms with Crippen molar-refractivity contribution in [3.8, 4) is 5.75 Å². The summed E-state index contributed by atoms with van der Waals surface area (Å²) in [5, 5.41) is 3.85. The van der Waals surface area contributed by atoms with Crippen molar-refractivity contribution in [2.75, 3.05) is 0 Å². The molecule has 1 N–H and O–H groups in total. The summed E-state index contributed by atoms with van der Waals surface area (Å²) in [6, 6.07) is 9.64. The van der Waals surface area contributed by atoms with Gasteiger partial charge in [-0.05, 0) is 32.8 Å². The van der Waals surface area contributed by atoms with Gasteiger partial charge in [0.05, 0.1) is 0 Å². The highest BCUT2D eigenvalue weighted by Gasteiger charge is 2.34. The third-order valence-corrected chi connectivity index (χ3v) is 4.17. The van der Waals surface area contributed by atoms with Crippen LogP contribution in [0.3, 0.4) is 0 Å². The summed E-state index contributed by atoms with van der Waals surface area (Å²) in [4.78, 5) is 0. The molecule has 0 amide bonds. The molecule has 1 aromatic rings. The van der Waals surface area contributed by atoms with E-state index in [9.17, 15) is 0 Å². The van der Waals surface area contributed by atoms with E-state index in [1.165, 1.54) is 31.2 Å². The molecule has 3 rings (SSSR count). The van der Waals surface area contributed by atoms with Crippen molar-refractivity contribution in [2.45, 2.75) is 63.6 Å². The quantitative estimate of drug-likeness (QED) is 0.855. The first-order valence-electron chi connectivity index (χ1n) is 7.18. The smallest absolute Gasteiger partial charge is 0.124 e. The Morgan fingerprint density at radius 1 is 1.17 bits per heavy atom.